The number of carbonyl (C=O) groups is 1. The minimum atomic E-state index is -0.662. The molecule has 2 spiro atoms. The largest absolute Gasteiger partial charge is 0.393 e. The molecule has 0 aliphatic carbocycles. The molecule has 22 bridgehead atoms. The number of rotatable bonds is 6. The van der Waals surface area contributed by atoms with Crippen LogP contribution in [-0.4, -0.2) is 175 Å². The van der Waals surface area contributed by atoms with E-state index in [0.717, 1.165) is 148 Å². The Hall–Kier alpha value is -2.49. The molecule has 0 aromatic carbocycles. The van der Waals surface area contributed by atoms with E-state index in [2.05, 4.69) is 120 Å². The Balaban J connectivity index is 0.000000165. The Labute approximate surface area is 611 Å². The highest BCUT2D eigenvalue weighted by Crippen LogP contribution is 2.57. The molecule has 16 nitrogen and oxygen atoms in total. The number of hydrogen-bond donors (Lipinski definition) is 1. The standard InChI is InChI=1S/C43H66O8.C43H64O8/c2*1-8-23(2)17-35-27(6)32-20-29(44)11-9-10-12-34-28(7)39-41-42(48-34)40-38(49-41)22-43(50-39,51-40)16-15-31-19-25(4)33(45-31)14-13-30-18-24(3)26(5)36(46-30)21-37(32)47-35/h9-10,23-24,27-42,44H,4-5,8,11-22H2,1-3,6-7H3;9-10,23-24,27-28,30-42H,4-5,8,11-22H2,1-3,6-7H3/b2*10-9+/t23-,24-,27-,28+,29?,30+,31+,32-,33?,34+,35-,36-,37?,38-,39+,40+,41+,42+,43-;23-,24-,27-,28+,30+,31+,32-,33?,34+,35-,36-,37?,38-,39+,40+,41+,42+,43-/m11/s1. The van der Waals surface area contributed by atoms with E-state index < -0.39 is 17.7 Å². The van der Waals surface area contributed by atoms with E-state index in [4.69, 9.17) is 66.3 Å². The number of carbonyl (C=O) groups excluding carboxylic acids is 1. The molecule has 37 atom stereocenters. The van der Waals surface area contributed by atoms with E-state index in [1.165, 1.54) is 22.3 Å². The lowest BCUT2D eigenvalue weighted by Crippen LogP contribution is -2.54. The van der Waals surface area contributed by atoms with Gasteiger partial charge in [-0.05, 0) is 172 Å². The van der Waals surface area contributed by atoms with Gasteiger partial charge in [-0.25, -0.2) is 0 Å². The number of ether oxygens (including phenoxy) is 14. The first-order valence-electron chi connectivity index (χ1n) is 41.5. The second-order valence-electron chi connectivity index (χ2n) is 36.1. The fourth-order valence-corrected chi connectivity index (χ4v) is 22.0. The molecular formula is C86H130O16. The zero-order valence-electron chi connectivity index (χ0n) is 63.8. The Morgan fingerprint density at radius 2 is 0.853 bits per heavy atom. The van der Waals surface area contributed by atoms with Crippen LogP contribution in [0.4, 0.5) is 0 Å². The van der Waals surface area contributed by atoms with Crippen LogP contribution in [0.5, 0.6) is 0 Å². The third-order valence-corrected chi connectivity index (χ3v) is 29.0. The van der Waals surface area contributed by atoms with Crippen molar-refractivity contribution in [2.24, 2.45) is 59.2 Å². The number of allylic oxidation sites excluding steroid dienone is 1. The molecule has 0 amide bonds. The third-order valence-electron chi connectivity index (χ3n) is 29.0. The smallest absolute Gasteiger partial charge is 0.172 e. The normalized spacial score (nSPS) is 52.1. The minimum absolute atomic E-state index is 0.00300. The van der Waals surface area contributed by atoms with Gasteiger partial charge in [-0.1, -0.05) is 133 Å². The quantitative estimate of drug-likeness (QED) is 0.249. The van der Waals surface area contributed by atoms with E-state index in [0.29, 0.717) is 54.8 Å². The topological polar surface area (TPSA) is 167 Å². The zero-order valence-corrected chi connectivity index (χ0v) is 63.8. The molecule has 18 aliphatic heterocycles. The van der Waals surface area contributed by atoms with E-state index in [1.54, 1.807) is 0 Å². The molecule has 0 aromatic rings. The van der Waals surface area contributed by atoms with Gasteiger partial charge in [0.05, 0.1) is 116 Å². The summed E-state index contributed by atoms with van der Waals surface area (Å²) in [5.74, 6) is 2.34. The highest BCUT2D eigenvalue weighted by Gasteiger charge is 2.69. The number of ketones is 1. The van der Waals surface area contributed by atoms with Crippen molar-refractivity contribution in [2.45, 2.75) is 400 Å². The fourth-order valence-electron chi connectivity index (χ4n) is 22.0. The van der Waals surface area contributed by atoms with Crippen molar-refractivity contribution in [3.8, 4) is 0 Å². The summed E-state index contributed by atoms with van der Waals surface area (Å²) in [4.78, 5) is 13.6. The van der Waals surface area contributed by atoms with Crippen LogP contribution < -0.4 is 0 Å². The summed E-state index contributed by atoms with van der Waals surface area (Å²) in [6.45, 7) is 40.9. The van der Waals surface area contributed by atoms with Gasteiger partial charge in [-0.2, -0.15) is 0 Å². The van der Waals surface area contributed by atoms with Crippen LogP contribution in [0.25, 0.3) is 0 Å². The average molecular weight is 1420 g/mol. The van der Waals surface area contributed by atoms with Gasteiger partial charge in [-0.15, -0.1) is 0 Å². The highest BCUT2D eigenvalue weighted by atomic mass is 16.8. The summed E-state index contributed by atoms with van der Waals surface area (Å²) in [5, 5.41) is 11.5. The van der Waals surface area contributed by atoms with Gasteiger partial charge >= 0.3 is 0 Å². The van der Waals surface area contributed by atoms with Gasteiger partial charge in [-0.3, -0.25) is 4.79 Å². The summed E-state index contributed by atoms with van der Waals surface area (Å²) in [5.41, 5.74) is 4.74. The molecule has 102 heavy (non-hydrogen) atoms. The van der Waals surface area contributed by atoms with Crippen LogP contribution in [-0.2, 0) is 71.1 Å². The minimum Gasteiger partial charge on any atom is -0.393 e. The van der Waals surface area contributed by atoms with Crippen LogP contribution in [0.3, 0.4) is 0 Å². The first-order valence-corrected chi connectivity index (χ1v) is 41.5. The monoisotopic (exact) mass is 1420 g/mol. The maximum Gasteiger partial charge on any atom is 0.172 e. The van der Waals surface area contributed by atoms with Gasteiger partial charge in [0.2, 0.25) is 0 Å². The van der Waals surface area contributed by atoms with Crippen molar-refractivity contribution in [1.29, 1.82) is 0 Å². The van der Waals surface area contributed by atoms with Crippen molar-refractivity contribution in [2.75, 3.05) is 0 Å². The number of aliphatic hydroxyl groups is 1. The van der Waals surface area contributed by atoms with Crippen molar-refractivity contribution in [1.82, 2.24) is 0 Å². The summed E-state index contributed by atoms with van der Waals surface area (Å²) < 4.78 is 95.1. The van der Waals surface area contributed by atoms with E-state index in [1.807, 2.05) is 0 Å². The second kappa shape index (κ2) is 31.1. The molecule has 1 N–H and O–H groups in total. The predicted molar refractivity (Wildman–Crippen MR) is 389 cm³/mol. The summed E-state index contributed by atoms with van der Waals surface area (Å²) in [6.07, 6.45) is 30.3. The van der Waals surface area contributed by atoms with E-state index in [-0.39, 0.29) is 176 Å². The lowest BCUT2D eigenvalue weighted by Gasteiger charge is -2.42. The van der Waals surface area contributed by atoms with Crippen molar-refractivity contribution < 1.29 is 76.2 Å². The second-order valence-corrected chi connectivity index (χ2v) is 36.1. The number of fused-ring (bicyclic) bond motifs is 12. The van der Waals surface area contributed by atoms with Gasteiger partial charge in [0.1, 0.15) is 42.4 Å². The van der Waals surface area contributed by atoms with Crippen LogP contribution >= 0.6 is 0 Å². The third kappa shape index (κ3) is 15.3. The van der Waals surface area contributed by atoms with Gasteiger partial charge in [0.15, 0.2) is 11.6 Å². The molecule has 18 rings (SSSR count). The maximum absolute atomic E-state index is 13.6. The number of hydrogen-bond acceptors (Lipinski definition) is 16. The van der Waals surface area contributed by atoms with E-state index >= 15 is 0 Å². The number of aliphatic hydroxyl groups excluding tert-OH is 1. The summed E-state index contributed by atoms with van der Waals surface area (Å²) in [6, 6.07) is 0. The molecule has 0 radical (unpaired) electrons. The predicted octanol–water partition coefficient (Wildman–Crippen LogP) is 15.4. The lowest BCUT2D eigenvalue weighted by atomic mass is 9.78. The Morgan fingerprint density at radius 3 is 1.34 bits per heavy atom. The van der Waals surface area contributed by atoms with Crippen molar-refractivity contribution >= 4 is 5.78 Å². The Morgan fingerprint density at radius 1 is 0.431 bits per heavy atom. The van der Waals surface area contributed by atoms with Gasteiger partial charge in [0, 0.05) is 63.2 Å². The fraction of sp³-hybridized carbons (Fsp3) is 0.849. The van der Waals surface area contributed by atoms with Crippen molar-refractivity contribution in [3.05, 3.63) is 72.9 Å². The molecule has 18 heterocycles. The highest BCUT2D eigenvalue weighted by molar-refractivity contribution is 5.80. The lowest BCUT2D eigenvalue weighted by molar-refractivity contribution is -0.263. The first-order chi connectivity index (χ1) is 49.0. The molecule has 16 heteroatoms. The zero-order chi connectivity index (χ0) is 71.2. The van der Waals surface area contributed by atoms with Crippen molar-refractivity contribution in [3.63, 3.8) is 0 Å². The molecule has 5 unspecified atom stereocenters. The Bertz CT molecular complexity index is 3040. The SMILES string of the molecule is C=C1C[C@@H]2CC[C@@]34C[C@H]5O[C@@H]6[C@@H](O[C@@H](C/C=C/CC(=O)C[C@H]7C(C[C@H]8O[C@@H](CCC1O2)C[C@@H](C)C8=C)O[C@H](C[C@H](C)CC)[C@@H]7C)[C@H](C)[C@@H]6O3)[C@H]5O4.C=C1C[C@@H]2CC[C@@]34C[C@H]5O[C@@H]6[C@@H](O[C@@H](C/C=C/CC(O)C[C@H]7C(C[C@H]8O[C@@H](CCC1O2)C[C@@H](C)C8=C)O[C@H](C[C@H](C)CC)[C@@H]7C)[C@H](C)[C@@H]6O3)[C@H]5O4. The molecule has 16 fully saturated rings. The number of Topliss-reactive ketones (excluding diaryl/α,β-unsaturated/α-hetero) is 1. The Kier molecular flexibility index (Phi) is 22.9. The molecule has 570 valence electrons. The molecule has 18 aliphatic rings. The first kappa shape index (κ1) is 74.9. The average Bonchev–Trinajstić information content (AvgIpc) is 1.56. The van der Waals surface area contributed by atoms with Crippen LogP contribution in [0.1, 0.15) is 236 Å². The molecular weight excluding hydrogens is 1290 g/mol. The van der Waals surface area contributed by atoms with Crippen LogP contribution in [0, 0.1) is 59.2 Å². The maximum atomic E-state index is 13.6. The van der Waals surface area contributed by atoms with Crippen LogP contribution in [0.15, 0.2) is 72.9 Å². The van der Waals surface area contributed by atoms with Gasteiger partial charge < -0.3 is 71.4 Å². The van der Waals surface area contributed by atoms with E-state index in [9.17, 15) is 9.90 Å². The molecule has 16 saturated heterocycles. The summed E-state index contributed by atoms with van der Waals surface area (Å²) in [7, 11) is 0. The molecule has 0 aromatic heterocycles. The molecule has 0 saturated carbocycles. The summed E-state index contributed by atoms with van der Waals surface area (Å²) >= 11 is 0. The van der Waals surface area contributed by atoms with Gasteiger partial charge in [0.25, 0.3) is 0 Å². The van der Waals surface area contributed by atoms with Crippen LogP contribution in [0.2, 0.25) is 0 Å².